The lowest BCUT2D eigenvalue weighted by Gasteiger charge is -2.35. The number of morpholine rings is 1. The third-order valence-corrected chi connectivity index (χ3v) is 3.66. The zero-order chi connectivity index (χ0) is 15.4. The molecule has 0 saturated carbocycles. The van der Waals surface area contributed by atoms with Gasteiger partial charge in [-0.2, -0.15) is 0 Å². The molecule has 4 nitrogen and oxygen atoms in total. The third-order valence-electron chi connectivity index (χ3n) is 3.66. The Kier molecular flexibility index (Phi) is 5.31. The van der Waals surface area contributed by atoms with E-state index in [0.29, 0.717) is 25.0 Å². The summed E-state index contributed by atoms with van der Waals surface area (Å²) in [6.07, 6.45) is -0.0169. The maximum Gasteiger partial charge on any atom is 0.162 e. The van der Waals surface area contributed by atoms with Crippen molar-refractivity contribution in [2.75, 3.05) is 26.3 Å². The van der Waals surface area contributed by atoms with Gasteiger partial charge in [0.25, 0.3) is 0 Å². The predicted molar refractivity (Wildman–Crippen MR) is 78.3 cm³/mol. The molecule has 0 radical (unpaired) electrons. The molecule has 1 aliphatic rings. The number of Topliss-reactive ketones (excluding diaryl/α,β-unsaturated/α-hetero) is 1. The van der Waals surface area contributed by atoms with Gasteiger partial charge in [0, 0.05) is 25.2 Å². The van der Waals surface area contributed by atoms with Gasteiger partial charge in [-0.05, 0) is 32.9 Å². The Morgan fingerprint density at radius 1 is 1.52 bits per heavy atom. The minimum absolute atomic E-state index is 0.0169. The highest BCUT2D eigenvalue weighted by Crippen LogP contribution is 2.18. The lowest BCUT2D eigenvalue weighted by molar-refractivity contribution is -0.0564. The summed E-state index contributed by atoms with van der Waals surface area (Å²) in [4.78, 5) is 13.5. The fraction of sp³-hybridized carbons (Fsp3) is 0.562. The molecule has 1 atom stereocenters. The average Bonchev–Trinajstić information content (AvgIpc) is 2.45. The maximum absolute atomic E-state index is 13.7. The Hall–Kier alpha value is -1.46. The van der Waals surface area contributed by atoms with E-state index in [-0.39, 0.29) is 17.5 Å². The van der Waals surface area contributed by atoms with E-state index >= 15 is 0 Å². The van der Waals surface area contributed by atoms with Crippen molar-refractivity contribution in [2.24, 2.45) is 0 Å². The number of rotatable bonds is 5. The minimum atomic E-state index is -0.548. The average molecular weight is 295 g/mol. The quantitative estimate of drug-likeness (QED) is 0.783. The summed E-state index contributed by atoms with van der Waals surface area (Å²) in [5.41, 5.74) is 0.0854. The highest BCUT2D eigenvalue weighted by atomic mass is 19.1. The fourth-order valence-corrected chi connectivity index (χ4v) is 2.37. The maximum atomic E-state index is 13.7. The minimum Gasteiger partial charge on any atom is -0.491 e. The second-order valence-electron chi connectivity index (χ2n) is 5.59. The van der Waals surface area contributed by atoms with Gasteiger partial charge >= 0.3 is 0 Å². The smallest absolute Gasteiger partial charge is 0.162 e. The van der Waals surface area contributed by atoms with Crippen LogP contribution < -0.4 is 4.74 Å². The van der Waals surface area contributed by atoms with Crippen LogP contribution >= 0.6 is 0 Å². The molecule has 0 aromatic heterocycles. The van der Waals surface area contributed by atoms with Crippen molar-refractivity contribution >= 4 is 5.78 Å². The van der Waals surface area contributed by atoms with Gasteiger partial charge < -0.3 is 9.47 Å². The second-order valence-corrected chi connectivity index (χ2v) is 5.59. The Balaban J connectivity index is 1.91. The molecular formula is C16H22FNO3. The highest BCUT2D eigenvalue weighted by molar-refractivity contribution is 5.94. The lowest BCUT2D eigenvalue weighted by atomic mass is 10.1. The van der Waals surface area contributed by atoms with Gasteiger partial charge in [0.15, 0.2) is 5.78 Å². The van der Waals surface area contributed by atoms with Crippen molar-refractivity contribution in [3.8, 4) is 5.75 Å². The molecule has 1 aromatic carbocycles. The van der Waals surface area contributed by atoms with E-state index in [2.05, 4.69) is 18.7 Å². The number of ketones is 1. The fourth-order valence-electron chi connectivity index (χ4n) is 2.37. The standard InChI is InChI=1S/C16H22FNO3/c1-11(2)18-6-7-20-14(9-18)10-21-13-4-5-15(12(3)19)16(17)8-13/h4-5,8,11,14H,6-7,9-10H2,1-3H3. The van der Waals surface area contributed by atoms with Crippen LogP contribution in [0.2, 0.25) is 0 Å². The summed E-state index contributed by atoms with van der Waals surface area (Å²) in [7, 11) is 0. The summed E-state index contributed by atoms with van der Waals surface area (Å²) < 4.78 is 24.9. The van der Waals surface area contributed by atoms with E-state index < -0.39 is 5.82 Å². The molecule has 1 heterocycles. The number of benzene rings is 1. The largest absolute Gasteiger partial charge is 0.491 e. The van der Waals surface area contributed by atoms with E-state index in [1.165, 1.54) is 19.1 Å². The molecule has 0 bridgehead atoms. The first-order valence-corrected chi connectivity index (χ1v) is 7.26. The molecule has 1 aliphatic heterocycles. The van der Waals surface area contributed by atoms with Gasteiger partial charge in [-0.1, -0.05) is 0 Å². The third kappa shape index (κ3) is 4.25. The second kappa shape index (κ2) is 7.00. The SMILES string of the molecule is CC(=O)c1ccc(OCC2CN(C(C)C)CCO2)cc1F. The summed E-state index contributed by atoms with van der Waals surface area (Å²) in [5.74, 6) is -0.418. The van der Waals surface area contributed by atoms with Crippen LogP contribution in [0.4, 0.5) is 4.39 Å². The molecular weight excluding hydrogens is 273 g/mol. The number of hydrogen-bond acceptors (Lipinski definition) is 4. The molecule has 1 saturated heterocycles. The van der Waals surface area contributed by atoms with Crippen molar-refractivity contribution in [3.63, 3.8) is 0 Å². The molecule has 0 spiro atoms. The van der Waals surface area contributed by atoms with E-state index in [9.17, 15) is 9.18 Å². The van der Waals surface area contributed by atoms with E-state index in [4.69, 9.17) is 9.47 Å². The van der Waals surface area contributed by atoms with Crippen molar-refractivity contribution in [1.29, 1.82) is 0 Å². The Morgan fingerprint density at radius 2 is 2.29 bits per heavy atom. The van der Waals surface area contributed by atoms with E-state index in [1.54, 1.807) is 6.07 Å². The van der Waals surface area contributed by atoms with Crippen LogP contribution in [0.1, 0.15) is 31.1 Å². The molecule has 1 fully saturated rings. The van der Waals surface area contributed by atoms with E-state index in [0.717, 1.165) is 13.1 Å². The molecule has 0 aliphatic carbocycles. The van der Waals surface area contributed by atoms with Gasteiger partial charge in [-0.15, -0.1) is 0 Å². The number of nitrogens with zero attached hydrogens (tertiary/aromatic N) is 1. The number of carbonyl (C=O) groups excluding carboxylic acids is 1. The molecule has 0 amide bonds. The van der Waals surface area contributed by atoms with Crippen molar-refractivity contribution < 1.29 is 18.7 Å². The summed E-state index contributed by atoms with van der Waals surface area (Å²) in [5, 5.41) is 0. The van der Waals surface area contributed by atoms with Crippen LogP contribution in [0.25, 0.3) is 0 Å². The monoisotopic (exact) mass is 295 g/mol. The summed E-state index contributed by atoms with van der Waals surface area (Å²) >= 11 is 0. The van der Waals surface area contributed by atoms with Crippen molar-refractivity contribution in [2.45, 2.75) is 32.9 Å². The van der Waals surface area contributed by atoms with Crippen molar-refractivity contribution in [1.82, 2.24) is 4.90 Å². The van der Waals surface area contributed by atoms with E-state index in [1.807, 2.05) is 0 Å². The van der Waals surface area contributed by atoms with Gasteiger partial charge in [0.2, 0.25) is 0 Å². The number of hydrogen-bond donors (Lipinski definition) is 0. The van der Waals surface area contributed by atoms with Gasteiger partial charge in [0.05, 0.1) is 12.2 Å². The van der Waals surface area contributed by atoms with Gasteiger partial charge in [0.1, 0.15) is 24.3 Å². The van der Waals surface area contributed by atoms with Crippen LogP contribution in [0.3, 0.4) is 0 Å². The molecule has 1 unspecified atom stereocenters. The summed E-state index contributed by atoms with van der Waals surface area (Å²) in [6.45, 7) is 8.45. The number of halogens is 1. The Bertz CT molecular complexity index is 504. The molecule has 1 aromatic rings. The van der Waals surface area contributed by atoms with Crippen LogP contribution in [-0.4, -0.2) is 49.1 Å². The van der Waals surface area contributed by atoms with Crippen LogP contribution in [0.15, 0.2) is 18.2 Å². The van der Waals surface area contributed by atoms with Gasteiger partial charge in [-0.25, -0.2) is 4.39 Å². The molecule has 2 rings (SSSR count). The first-order valence-electron chi connectivity index (χ1n) is 7.26. The number of carbonyl (C=O) groups is 1. The first kappa shape index (κ1) is 15.9. The zero-order valence-electron chi connectivity index (χ0n) is 12.8. The topological polar surface area (TPSA) is 38.8 Å². The highest BCUT2D eigenvalue weighted by Gasteiger charge is 2.22. The summed E-state index contributed by atoms with van der Waals surface area (Å²) in [6, 6.07) is 4.79. The normalized spacial score (nSPS) is 19.8. The zero-order valence-corrected chi connectivity index (χ0v) is 12.8. The predicted octanol–water partition coefficient (Wildman–Crippen LogP) is 2.52. The molecule has 0 N–H and O–H groups in total. The lowest BCUT2D eigenvalue weighted by Crippen LogP contribution is -2.47. The van der Waals surface area contributed by atoms with Crippen LogP contribution in [-0.2, 0) is 4.74 Å². The molecule has 5 heteroatoms. The molecule has 21 heavy (non-hydrogen) atoms. The Morgan fingerprint density at radius 3 is 2.90 bits per heavy atom. The first-order chi connectivity index (χ1) is 9.97. The van der Waals surface area contributed by atoms with Crippen LogP contribution in [0.5, 0.6) is 5.75 Å². The van der Waals surface area contributed by atoms with Crippen LogP contribution in [0, 0.1) is 5.82 Å². The molecule has 116 valence electrons. The Labute approximate surface area is 124 Å². The number of ether oxygens (including phenoxy) is 2. The van der Waals surface area contributed by atoms with Gasteiger partial charge in [-0.3, -0.25) is 9.69 Å². The van der Waals surface area contributed by atoms with Crippen molar-refractivity contribution in [3.05, 3.63) is 29.6 Å².